The first-order valence-electron chi connectivity index (χ1n) is 3.78. The third kappa shape index (κ3) is 2.06. The summed E-state index contributed by atoms with van der Waals surface area (Å²) in [4.78, 5) is 1.10. The molecule has 2 aromatic rings. The van der Waals surface area contributed by atoms with Crippen LogP contribution in [-0.4, -0.2) is 15.5 Å². The zero-order valence-electron chi connectivity index (χ0n) is 7.01. The lowest BCUT2D eigenvalue weighted by Gasteiger charge is -1.99. The summed E-state index contributed by atoms with van der Waals surface area (Å²) in [5.41, 5.74) is 1.24. The Labute approximate surface area is 79.8 Å². The van der Waals surface area contributed by atoms with Gasteiger partial charge < -0.3 is 5.10 Å². The minimum atomic E-state index is 0.587. The van der Waals surface area contributed by atoms with E-state index in [4.69, 9.17) is 0 Å². The van der Waals surface area contributed by atoms with Gasteiger partial charge in [0.2, 0.25) is 0 Å². The summed E-state index contributed by atoms with van der Waals surface area (Å²) >= 11 is 1.46. The largest absolute Gasteiger partial charge is 0.324 e. The fourth-order valence-electron chi connectivity index (χ4n) is 0.889. The Morgan fingerprint density at radius 3 is 2.62 bits per heavy atom. The summed E-state index contributed by atoms with van der Waals surface area (Å²) in [6.45, 7) is 2.05. The highest BCUT2D eigenvalue weighted by Gasteiger charge is 1.93. The number of rotatable bonds is 2. The molecule has 1 heterocycles. The van der Waals surface area contributed by atoms with Gasteiger partial charge >= 0.3 is 0 Å². The summed E-state index contributed by atoms with van der Waals surface area (Å²) < 4.78 is 0. The molecule has 0 amide bonds. The zero-order chi connectivity index (χ0) is 9.10. The maximum Gasteiger partial charge on any atom is 0.0709 e. The molecule has 66 valence electrons. The highest BCUT2D eigenvalue weighted by atomic mass is 32.2. The van der Waals surface area contributed by atoms with Gasteiger partial charge in [-0.25, -0.2) is 0 Å². The second-order valence-corrected chi connectivity index (χ2v) is 3.62. The van der Waals surface area contributed by atoms with Crippen molar-refractivity contribution in [1.82, 2.24) is 20.6 Å². The molecule has 0 bridgehead atoms. The van der Waals surface area contributed by atoms with Crippen molar-refractivity contribution in [2.24, 2.45) is 0 Å². The van der Waals surface area contributed by atoms with E-state index in [0.717, 1.165) is 4.90 Å². The molecular formula is C8H7N4S-. The highest BCUT2D eigenvalue weighted by Crippen LogP contribution is 2.22. The van der Waals surface area contributed by atoms with Crippen molar-refractivity contribution in [2.45, 2.75) is 17.0 Å². The number of tetrazole rings is 1. The number of hydrogen-bond acceptors (Lipinski definition) is 4. The Balaban J connectivity index is 2.15. The van der Waals surface area contributed by atoms with Crippen molar-refractivity contribution in [3.63, 3.8) is 0 Å². The molecule has 5 heteroatoms. The zero-order valence-corrected chi connectivity index (χ0v) is 7.82. The predicted octanol–water partition coefficient (Wildman–Crippen LogP) is 1.29. The van der Waals surface area contributed by atoms with Crippen LogP contribution in [0.3, 0.4) is 0 Å². The van der Waals surface area contributed by atoms with Crippen molar-refractivity contribution in [3.8, 4) is 0 Å². The van der Waals surface area contributed by atoms with Crippen LogP contribution in [0.1, 0.15) is 5.56 Å². The molecule has 0 saturated heterocycles. The van der Waals surface area contributed by atoms with Gasteiger partial charge in [0, 0.05) is 4.90 Å². The van der Waals surface area contributed by atoms with Crippen LogP contribution in [0.2, 0.25) is 0 Å². The first-order chi connectivity index (χ1) is 6.34. The lowest BCUT2D eigenvalue weighted by Crippen LogP contribution is -1.79. The summed E-state index contributed by atoms with van der Waals surface area (Å²) in [6, 6.07) is 8.14. The molecule has 0 spiro atoms. The quantitative estimate of drug-likeness (QED) is 0.715. The van der Waals surface area contributed by atoms with Crippen LogP contribution < -0.4 is 5.10 Å². The van der Waals surface area contributed by atoms with Crippen LogP contribution in [-0.2, 0) is 0 Å². The second kappa shape index (κ2) is 3.57. The van der Waals surface area contributed by atoms with Crippen LogP contribution in [0, 0.1) is 6.92 Å². The summed E-state index contributed by atoms with van der Waals surface area (Å²) in [7, 11) is 0. The van der Waals surface area contributed by atoms with Crippen LogP contribution >= 0.6 is 11.8 Å². The first-order valence-corrected chi connectivity index (χ1v) is 4.59. The van der Waals surface area contributed by atoms with Crippen molar-refractivity contribution < 1.29 is 0 Å². The smallest absolute Gasteiger partial charge is 0.0709 e. The molecule has 0 aliphatic rings. The average Bonchev–Trinajstić information content (AvgIpc) is 2.62. The standard InChI is InChI=1S/C8H7N4S/c1-6-2-4-7(5-3-6)13-8-9-11-12-10-8/h2-5H,1H3/q-1. The molecule has 0 radical (unpaired) electrons. The van der Waals surface area contributed by atoms with Crippen LogP contribution in [0.25, 0.3) is 0 Å². The molecule has 0 unspecified atom stereocenters. The highest BCUT2D eigenvalue weighted by molar-refractivity contribution is 7.99. The number of benzene rings is 1. The molecule has 0 atom stereocenters. The Morgan fingerprint density at radius 2 is 2.00 bits per heavy atom. The molecular weight excluding hydrogens is 184 g/mol. The fraction of sp³-hybridized carbons (Fsp3) is 0.125. The van der Waals surface area contributed by atoms with E-state index in [1.807, 2.05) is 24.3 Å². The molecule has 0 N–H and O–H groups in total. The topological polar surface area (TPSA) is 52.8 Å². The Kier molecular flexibility index (Phi) is 2.27. The van der Waals surface area contributed by atoms with E-state index in [-0.39, 0.29) is 0 Å². The van der Waals surface area contributed by atoms with E-state index < -0.39 is 0 Å². The molecule has 2 rings (SSSR count). The third-order valence-corrected chi connectivity index (χ3v) is 2.38. The van der Waals surface area contributed by atoms with E-state index >= 15 is 0 Å². The lowest BCUT2D eigenvalue weighted by molar-refractivity contribution is 0.870. The predicted molar refractivity (Wildman–Crippen MR) is 48.4 cm³/mol. The Morgan fingerprint density at radius 1 is 1.23 bits per heavy atom. The van der Waals surface area contributed by atoms with Gasteiger partial charge in [-0.15, -0.1) is 0 Å². The molecule has 0 fully saturated rings. The van der Waals surface area contributed by atoms with Crippen LogP contribution in [0.5, 0.6) is 0 Å². The van der Waals surface area contributed by atoms with E-state index in [9.17, 15) is 0 Å². The van der Waals surface area contributed by atoms with E-state index in [1.165, 1.54) is 17.3 Å². The third-order valence-electron chi connectivity index (χ3n) is 1.53. The first kappa shape index (κ1) is 8.25. The van der Waals surface area contributed by atoms with Crippen molar-refractivity contribution in [2.75, 3.05) is 0 Å². The molecule has 0 saturated carbocycles. The molecule has 13 heavy (non-hydrogen) atoms. The fourth-order valence-corrected chi connectivity index (χ4v) is 1.53. The monoisotopic (exact) mass is 191 g/mol. The van der Waals surface area contributed by atoms with Crippen molar-refractivity contribution >= 4 is 11.8 Å². The molecule has 1 aromatic carbocycles. The molecule has 0 aliphatic carbocycles. The van der Waals surface area contributed by atoms with E-state index in [2.05, 4.69) is 27.5 Å². The van der Waals surface area contributed by atoms with Crippen molar-refractivity contribution in [3.05, 3.63) is 29.8 Å². The lowest BCUT2D eigenvalue weighted by atomic mass is 10.2. The molecule has 1 aromatic heterocycles. The molecule has 0 aliphatic heterocycles. The summed E-state index contributed by atoms with van der Waals surface area (Å²) in [5, 5.41) is 14.8. The normalized spacial score (nSPS) is 10.2. The van der Waals surface area contributed by atoms with Crippen LogP contribution in [0.15, 0.2) is 34.3 Å². The van der Waals surface area contributed by atoms with Gasteiger partial charge in [-0.1, -0.05) is 29.5 Å². The number of aryl methyl sites for hydroxylation is 1. The second-order valence-electron chi connectivity index (χ2n) is 2.58. The molecule has 4 nitrogen and oxygen atoms in total. The van der Waals surface area contributed by atoms with Gasteiger partial charge in [0.1, 0.15) is 0 Å². The SMILES string of the molecule is Cc1ccc(Sc2nnn[n-]2)cc1. The Bertz CT molecular complexity index is 368. The van der Waals surface area contributed by atoms with Crippen molar-refractivity contribution in [1.29, 1.82) is 0 Å². The van der Waals surface area contributed by atoms with Gasteiger partial charge in [0.25, 0.3) is 0 Å². The van der Waals surface area contributed by atoms with Gasteiger partial charge in [-0.3, -0.25) is 10.3 Å². The van der Waals surface area contributed by atoms with Gasteiger partial charge in [-0.2, -0.15) is 5.21 Å². The van der Waals surface area contributed by atoms with Gasteiger partial charge in [0.05, 0.1) is 5.16 Å². The maximum atomic E-state index is 3.72. The minimum absolute atomic E-state index is 0.587. The van der Waals surface area contributed by atoms with Gasteiger partial charge in [0.15, 0.2) is 0 Å². The minimum Gasteiger partial charge on any atom is -0.324 e. The van der Waals surface area contributed by atoms with Gasteiger partial charge in [-0.05, 0) is 19.1 Å². The Hall–Kier alpha value is -1.36. The van der Waals surface area contributed by atoms with Crippen LogP contribution in [0.4, 0.5) is 0 Å². The maximum absolute atomic E-state index is 3.72. The number of aromatic nitrogens is 4. The summed E-state index contributed by atoms with van der Waals surface area (Å²) in [5.74, 6) is 0. The van der Waals surface area contributed by atoms with E-state index in [0.29, 0.717) is 5.16 Å². The summed E-state index contributed by atoms with van der Waals surface area (Å²) in [6.07, 6.45) is 0. The number of hydrogen-bond donors (Lipinski definition) is 0. The average molecular weight is 191 g/mol. The van der Waals surface area contributed by atoms with E-state index in [1.54, 1.807) is 0 Å². The number of nitrogens with zero attached hydrogens (tertiary/aromatic N) is 4.